The Balaban J connectivity index is 2.56. The molecule has 0 aliphatic rings. The molecule has 4 N–H and O–H groups in total. The van der Waals surface area contributed by atoms with Gasteiger partial charge in [-0.3, -0.25) is 0 Å². The molecule has 0 aliphatic carbocycles. The Labute approximate surface area is 90.5 Å². The summed E-state index contributed by atoms with van der Waals surface area (Å²) < 4.78 is 0. The normalized spacial score (nSPS) is 10.5. The van der Waals surface area contributed by atoms with Crippen LogP contribution in [0.25, 0.3) is 0 Å². The molecule has 84 valence electrons. The lowest BCUT2D eigenvalue weighted by Crippen LogP contribution is -2.13. The van der Waals surface area contributed by atoms with Gasteiger partial charge in [0.05, 0.1) is 0 Å². The third kappa shape index (κ3) is 4.12. The Hall–Kier alpha value is -1.36. The summed E-state index contributed by atoms with van der Waals surface area (Å²) in [6, 6.07) is 1.80. The van der Waals surface area contributed by atoms with Gasteiger partial charge in [-0.05, 0) is 19.3 Å². The van der Waals surface area contributed by atoms with Gasteiger partial charge in [0.25, 0.3) is 0 Å². The third-order valence-corrected chi connectivity index (χ3v) is 2.01. The first-order valence-corrected chi connectivity index (χ1v) is 5.18. The number of rotatable bonds is 5. The van der Waals surface area contributed by atoms with Gasteiger partial charge in [0, 0.05) is 18.3 Å². The monoisotopic (exact) mass is 209 g/mol. The second-order valence-corrected chi connectivity index (χ2v) is 3.97. The maximum absolute atomic E-state index is 5.30. The van der Waals surface area contributed by atoms with Crippen LogP contribution in [0.1, 0.15) is 26.0 Å². The van der Waals surface area contributed by atoms with Crippen molar-refractivity contribution in [2.45, 2.75) is 27.2 Å². The summed E-state index contributed by atoms with van der Waals surface area (Å²) in [6.07, 6.45) is 1.10. The van der Waals surface area contributed by atoms with Crippen LogP contribution in [0.15, 0.2) is 6.07 Å². The van der Waals surface area contributed by atoms with Gasteiger partial charge in [0.1, 0.15) is 5.82 Å². The Morgan fingerprint density at radius 2 is 2.13 bits per heavy atom. The lowest BCUT2D eigenvalue weighted by molar-refractivity contribution is 0.606. The van der Waals surface area contributed by atoms with E-state index in [1.54, 1.807) is 6.07 Å². The second-order valence-electron chi connectivity index (χ2n) is 3.97. The molecule has 0 atom stereocenters. The zero-order valence-electron chi connectivity index (χ0n) is 9.54. The van der Waals surface area contributed by atoms with Crippen LogP contribution in [0.4, 0.5) is 11.8 Å². The molecule has 0 aliphatic heterocycles. The van der Waals surface area contributed by atoms with E-state index >= 15 is 0 Å². The average molecular weight is 209 g/mol. The minimum absolute atomic E-state index is 0.628. The molecule has 0 bridgehead atoms. The number of aryl methyl sites for hydroxylation is 1. The maximum atomic E-state index is 5.30. The van der Waals surface area contributed by atoms with Gasteiger partial charge >= 0.3 is 0 Å². The number of hydrogen-bond donors (Lipinski definition) is 3. The number of nitrogens with zero attached hydrogens (tertiary/aromatic N) is 2. The van der Waals surface area contributed by atoms with E-state index in [0.717, 1.165) is 18.7 Å². The molecule has 5 nitrogen and oxygen atoms in total. The average Bonchev–Trinajstić information content (AvgIpc) is 2.16. The quantitative estimate of drug-likeness (QED) is 0.506. The predicted molar refractivity (Wildman–Crippen MR) is 62.5 cm³/mol. The van der Waals surface area contributed by atoms with Crippen molar-refractivity contribution < 1.29 is 0 Å². The fourth-order valence-electron chi connectivity index (χ4n) is 1.19. The van der Waals surface area contributed by atoms with Crippen molar-refractivity contribution in [2.24, 2.45) is 11.8 Å². The molecule has 15 heavy (non-hydrogen) atoms. The molecule has 5 heteroatoms. The molecule has 1 aromatic rings. The van der Waals surface area contributed by atoms with Crippen LogP contribution in [0.3, 0.4) is 0 Å². The highest BCUT2D eigenvalue weighted by Gasteiger charge is 2.00. The molecule has 0 unspecified atom stereocenters. The summed E-state index contributed by atoms with van der Waals surface area (Å²) in [6.45, 7) is 7.17. The van der Waals surface area contributed by atoms with E-state index in [2.05, 4.69) is 34.6 Å². The zero-order valence-corrected chi connectivity index (χ0v) is 9.54. The fraction of sp³-hybridized carbons (Fsp3) is 0.600. The Kier molecular flexibility index (Phi) is 4.30. The first kappa shape index (κ1) is 11.7. The van der Waals surface area contributed by atoms with Gasteiger partial charge in [-0.25, -0.2) is 10.8 Å². The van der Waals surface area contributed by atoms with Crippen LogP contribution in [0, 0.1) is 12.8 Å². The highest BCUT2D eigenvalue weighted by molar-refractivity contribution is 5.40. The van der Waals surface area contributed by atoms with Crippen molar-refractivity contribution in [3.05, 3.63) is 11.8 Å². The molecular weight excluding hydrogens is 190 g/mol. The van der Waals surface area contributed by atoms with Gasteiger partial charge in [-0.15, -0.1) is 0 Å². The number of nitrogens with two attached hydrogens (primary N) is 1. The van der Waals surface area contributed by atoms with Crippen molar-refractivity contribution in [1.82, 2.24) is 9.97 Å². The highest BCUT2D eigenvalue weighted by atomic mass is 15.3. The summed E-state index contributed by atoms with van der Waals surface area (Å²) in [5, 5.41) is 3.17. The summed E-state index contributed by atoms with van der Waals surface area (Å²) in [7, 11) is 0. The van der Waals surface area contributed by atoms with E-state index in [0.29, 0.717) is 17.7 Å². The molecule has 0 fully saturated rings. The van der Waals surface area contributed by atoms with Crippen molar-refractivity contribution in [1.29, 1.82) is 0 Å². The van der Waals surface area contributed by atoms with Crippen LogP contribution in [-0.4, -0.2) is 16.5 Å². The molecule has 1 rings (SSSR count). The van der Waals surface area contributed by atoms with Crippen molar-refractivity contribution in [3.8, 4) is 0 Å². The van der Waals surface area contributed by atoms with Gasteiger partial charge in [0.2, 0.25) is 5.95 Å². The summed E-state index contributed by atoms with van der Waals surface area (Å²) in [4.78, 5) is 8.45. The second kappa shape index (κ2) is 5.50. The van der Waals surface area contributed by atoms with E-state index in [9.17, 15) is 0 Å². The lowest BCUT2D eigenvalue weighted by atomic mass is 10.1. The smallest absolute Gasteiger partial charge is 0.224 e. The Morgan fingerprint density at radius 3 is 2.73 bits per heavy atom. The molecule has 0 spiro atoms. The minimum Gasteiger partial charge on any atom is -0.354 e. The van der Waals surface area contributed by atoms with Crippen molar-refractivity contribution in [3.63, 3.8) is 0 Å². The van der Waals surface area contributed by atoms with E-state index in [1.165, 1.54) is 0 Å². The standard InChI is InChI=1S/C10H19N5/c1-7(2)4-5-12-10-13-8(3)6-9(14-10)15-11/h6-7H,4-5,11H2,1-3H3,(H2,12,13,14,15). The predicted octanol–water partition coefficient (Wildman–Crippen LogP) is 1.53. The van der Waals surface area contributed by atoms with E-state index in [4.69, 9.17) is 5.84 Å². The zero-order chi connectivity index (χ0) is 11.3. The maximum Gasteiger partial charge on any atom is 0.224 e. The lowest BCUT2D eigenvalue weighted by Gasteiger charge is -2.08. The molecule has 0 aromatic carbocycles. The molecule has 1 heterocycles. The Morgan fingerprint density at radius 1 is 1.40 bits per heavy atom. The van der Waals surface area contributed by atoms with Crippen molar-refractivity contribution in [2.75, 3.05) is 17.3 Å². The SMILES string of the molecule is Cc1cc(NN)nc(NCCC(C)C)n1. The number of nitrogens with one attached hydrogen (secondary N) is 2. The number of anilines is 2. The van der Waals surface area contributed by atoms with Gasteiger partial charge < -0.3 is 10.7 Å². The minimum atomic E-state index is 0.628. The van der Waals surface area contributed by atoms with Crippen LogP contribution in [0.5, 0.6) is 0 Å². The summed E-state index contributed by atoms with van der Waals surface area (Å²) in [5.41, 5.74) is 3.41. The van der Waals surface area contributed by atoms with Gasteiger partial charge in [0.15, 0.2) is 0 Å². The van der Waals surface area contributed by atoms with Crippen LogP contribution in [-0.2, 0) is 0 Å². The molecule has 0 amide bonds. The first-order valence-electron chi connectivity index (χ1n) is 5.18. The highest BCUT2D eigenvalue weighted by Crippen LogP contribution is 2.08. The molecular formula is C10H19N5. The molecule has 0 radical (unpaired) electrons. The fourth-order valence-corrected chi connectivity index (χ4v) is 1.19. The Bertz CT molecular complexity index is 311. The van der Waals surface area contributed by atoms with Gasteiger partial charge in [-0.1, -0.05) is 13.8 Å². The summed E-state index contributed by atoms with van der Waals surface area (Å²) >= 11 is 0. The number of aromatic nitrogens is 2. The van der Waals surface area contributed by atoms with E-state index < -0.39 is 0 Å². The van der Waals surface area contributed by atoms with Crippen LogP contribution in [0.2, 0.25) is 0 Å². The first-order chi connectivity index (χ1) is 7.11. The largest absolute Gasteiger partial charge is 0.354 e. The molecule has 0 saturated carbocycles. The number of nitrogen functional groups attached to an aromatic ring is 1. The summed E-state index contributed by atoms with van der Waals surface area (Å²) in [5.74, 6) is 7.23. The molecule has 0 saturated heterocycles. The van der Waals surface area contributed by atoms with Crippen LogP contribution < -0.4 is 16.6 Å². The number of hydrazine groups is 1. The van der Waals surface area contributed by atoms with Gasteiger partial charge in [-0.2, -0.15) is 4.98 Å². The molecule has 1 aromatic heterocycles. The van der Waals surface area contributed by atoms with Crippen LogP contribution >= 0.6 is 0 Å². The topological polar surface area (TPSA) is 75.9 Å². The number of hydrogen-bond acceptors (Lipinski definition) is 5. The van der Waals surface area contributed by atoms with E-state index in [1.807, 2.05) is 6.92 Å². The third-order valence-electron chi connectivity index (χ3n) is 2.01. The van der Waals surface area contributed by atoms with Crippen molar-refractivity contribution >= 4 is 11.8 Å². The van der Waals surface area contributed by atoms with E-state index in [-0.39, 0.29) is 0 Å².